The highest BCUT2D eigenvalue weighted by Gasteiger charge is 2.22. The highest BCUT2D eigenvalue weighted by molar-refractivity contribution is 5.85. The molecule has 1 aliphatic rings. The summed E-state index contributed by atoms with van der Waals surface area (Å²) in [6, 6.07) is 5.87. The second kappa shape index (κ2) is 5.55. The number of H-pyrrole nitrogens is 1. The summed E-state index contributed by atoms with van der Waals surface area (Å²) >= 11 is 0. The highest BCUT2D eigenvalue weighted by atomic mass is 16.2. The summed E-state index contributed by atoms with van der Waals surface area (Å²) in [5.74, 6) is 0.823. The van der Waals surface area contributed by atoms with Crippen LogP contribution in [-0.4, -0.2) is 39.8 Å². The van der Waals surface area contributed by atoms with E-state index >= 15 is 0 Å². The third-order valence-electron chi connectivity index (χ3n) is 3.66. The number of rotatable bonds is 4. The van der Waals surface area contributed by atoms with Crippen molar-refractivity contribution in [2.75, 3.05) is 13.1 Å². The van der Waals surface area contributed by atoms with Crippen LogP contribution in [0.25, 0.3) is 11.0 Å². The van der Waals surface area contributed by atoms with Gasteiger partial charge in [0.1, 0.15) is 5.82 Å². The molecule has 2 aromatic rings. The Kier molecular flexibility index (Phi) is 3.60. The Hall–Kier alpha value is -2.37. The summed E-state index contributed by atoms with van der Waals surface area (Å²) in [6.45, 7) is 3.21. The molecule has 0 saturated carbocycles. The van der Waals surface area contributed by atoms with E-state index in [2.05, 4.69) is 15.3 Å². The third-order valence-corrected chi connectivity index (χ3v) is 3.66. The topological polar surface area (TPSA) is 78.1 Å². The summed E-state index contributed by atoms with van der Waals surface area (Å²) in [6.07, 6.45) is 1.41. The van der Waals surface area contributed by atoms with Crippen molar-refractivity contribution in [1.29, 1.82) is 0 Å². The maximum atomic E-state index is 11.9. The first-order chi connectivity index (χ1) is 10.1. The van der Waals surface area contributed by atoms with Crippen LogP contribution in [0.2, 0.25) is 0 Å². The zero-order chi connectivity index (χ0) is 14.8. The van der Waals surface area contributed by atoms with Crippen LogP contribution in [0.1, 0.15) is 24.2 Å². The molecule has 21 heavy (non-hydrogen) atoms. The summed E-state index contributed by atoms with van der Waals surface area (Å²) < 4.78 is 0. The molecule has 6 heteroatoms. The molecule has 1 fully saturated rings. The van der Waals surface area contributed by atoms with Crippen LogP contribution in [0.15, 0.2) is 18.2 Å². The molecule has 2 N–H and O–H groups in total. The van der Waals surface area contributed by atoms with Crippen LogP contribution < -0.4 is 5.32 Å². The van der Waals surface area contributed by atoms with Crippen LogP contribution in [0.3, 0.4) is 0 Å². The Bertz CT molecular complexity index is 692. The van der Waals surface area contributed by atoms with E-state index in [0.717, 1.165) is 28.8 Å². The molecule has 1 saturated heterocycles. The number of carbonyl (C=O) groups is 2. The van der Waals surface area contributed by atoms with Crippen LogP contribution in [0.5, 0.6) is 0 Å². The van der Waals surface area contributed by atoms with E-state index in [1.165, 1.54) is 0 Å². The molecule has 1 aromatic carbocycles. The second-order valence-electron chi connectivity index (χ2n) is 5.37. The molecule has 0 spiro atoms. The summed E-state index contributed by atoms with van der Waals surface area (Å²) in [7, 11) is 0. The standard InChI is InChI=1S/C15H18N4O2/c1-10-17-12-5-4-11(7-13(12)18-10)8-16-14(20)9-19-6-2-3-15(19)21/h4-5,7H,2-3,6,8-9H2,1H3,(H,16,20)(H,17,18). The largest absolute Gasteiger partial charge is 0.350 e. The molecule has 0 bridgehead atoms. The summed E-state index contributed by atoms with van der Waals surface area (Å²) in [5, 5.41) is 2.85. The minimum absolute atomic E-state index is 0.0690. The number of hydrogen-bond acceptors (Lipinski definition) is 3. The number of likely N-dealkylation sites (tertiary alicyclic amines) is 1. The van der Waals surface area contributed by atoms with Gasteiger partial charge in [0.2, 0.25) is 11.8 Å². The summed E-state index contributed by atoms with van der Waals surface area (Å²) in [5.41, 5.74) is 2.89. The average Bonchev–Trinajstić information content (AvgIpc) is 3.01. The fraction of sp³-hybridized carbons (Fsp3) is 0.400. The third kappa shape index (κ3) is 3.04. The maximum absolute atomic E-state index is 11.9. The quantitative estimate of drug-likeness (QED) is 0.883. The number of aryl methyl sites for hydroxylation is 1. The van der Waals surface area contributed by atoms with Gasteiger partial charge in [0.25, 0.3) is 0 Å². The predicted octanol–water partition coefficient (Wildman–Crippen LogP) is 1.11. The van der Waals surface area contributed by atoms with E-state index in [-0.39, 0.29) is 18.4 Å². The van der Waals surface area contributed by atoms with Crippen LogP contribution in [0.4, 0.5) is 0 Å². The lowest BCUT2D eigenvalue weighted by Gasteiger charge is -2.14. The van der Waals surface area contributed by atoms with Gasteiger partial charge in [-0.2, -0.15) is 0 Å². The molecular weight excluding hydrogens is 268 g/mol. The molecule has 0 unspecified atom stereocenters. The zero-order valence-corrected chi connectivity index (χ0v) is 12.0. The minimum atomic E-state index is -0.119. The van der Waals surface area contributed by atoms with E-state index in [0.29, 0.717) is 19.5 Å². The van der Waals surface area contributed by atoms with Gasteiger partial charge < -0.3 is 15.2 Å². The van der Waals surface area contributed by atoms with Gasteiger partial charge in [-0.05, 0) is 31.0 Å². The first kappa shape index (κ1) is 13.6. The lowest BCUT2D eigenvalue weighted by atomic mass is 10.2. The minimum Gasteiger partial charge on any atom is -0.350 e. The molecule has 0 radical (unpaired) electrons. The second-order valence-corrected chi connectivity index (χ2v) is 5.37. The number of imidazole rings is 1. The molecule has 6 nitrogen and oxygen atoms in total. The number of nitrogens with one attached hydrogen (secondary N) is 2. The fourth-order valence-corrected chi connectivity index (χ4v) is 2.60. The van der Waals surface area contributed by atoms with Gasteiger partial charge in [-0.3, -0.25) is 9.59 Å². The number of aromatic nitrogens is 2. The number of benzene rings is 1. The Morgan fingerprint density at radius 2 is 2.33 bits per heavy atom. The fourth-order valence-electron chi connectivity index (χ4n) is 2.60. The molecule has 0 atom stereocenters. The molecule has 2 amide bonds. The van der Waals surface area contributed by atoms with E-state index in [1.807, 2.05) is 25.1 Å². The SMILES string of the molecule is Cc1nc2ccc(CNC(=O)CN3CCCC3=O)cc2[nH]1. The van der Waals surface area contributed by atoms with Gasteiger partial charge in [0.05, 0.1) is 17.6 Å². The van der Waals surface area contributed by atoms with Crippen molar-refractivity contribution < 1.29 is 9.59 Å². The number of hydrogen-bond donors (Lipinski definition) is 2. The van der Waals surface area contributed by atoms with Gasteiger partial charge in [-0.25, -0.2) is 4.98 Å². The zero-order valence-electron chi connectivity index (χ0n) is 12.0. The van der Waals surface area contributed by atoms with Gasteiger partial charge >= 0.3 is 0 Å². The first-order valence-corrected chi connectivity index (χ1v) is 7.11. The van der Waals surface area contributed by atoms with Crippen molar-refractivity contribution in [2.24, 2.45) is 0 Å². The van der Waals surface area contributed by atoms with Crippen molar-refractivity contribution >= 4 is 22.8 Å². The average molecular weight is 286 g/mol. The van der Waals surface area contributed by atoms with E-state index in [4.69, 9.17) is 0 Å². The molecule has 110 valence electrons. The Labute approximate surface area is 122 Å². The van der Waals surface area contributed by atoms with Gasteiger partial charge in [-0.15, -0.1) is 0 Å². The van der Waals surface area contributed by atoms with Crippen molar-refractivity contribution in [1.82, 2.24) is 20.2 Å². The molecule has 1 aliphatic heterocycles. The molecule has 3 rings (SSSR count). The lowest BCUT2D eigenvalue weighted by molar-refractivity contribution is -0.133. The van der Waals surface area contributed by atoms with Crippen molar-refractivity contribution in [3.8, 4) is 0 Å². The normalized spacial score (nSPS) is 14.9. The number of carbonyl (C=O) groups excluding carboxylic acids is 2. The van der Waals surface area contributed by atoms with Crippen molar-refractivity contribution in [3.63, 3.8) is 0 Å². The van der Waals surface area contributed by atoms with Crippen LogP contribution >= 0.6 is 0 Å². The van der Waals surface area contributed by atoms with E-state index in [1.54, 1.807) is 4.90 Å². The Balaban J connectivity index is 1.58. The number of nitrogens with zero attached hydrogens (tertiary/aromatic N) is 2. The number of fused-ring (bicyclic) bond motifs is 1. The van der Waals surface area contributed by atoms with E-state index < -0.39 is 0 Å². The van der Waals surface area contributed by atoms with E-state index in [9.17, 15) is 9.59 Å². The summed E-state index contributed by atoms with van der Waals surface area (Å²) in [4.78, 5) is 32.4. The molecular formula is C15H18N4O2. The Morgan fingerprint density at radius 3 is 3.10 bits per heavy atom. The number of amides is 2. The lowest BCUT2D eigenvalue weighted by Crippen LogP contribution is -2.37. The van der Waals surface area contributed by atoms with Gasteiger partial charge in [-0.1, -0.05) is 6.07 Å². The van der Waals surface area contributed by atoms with Crippen LogP contribution in [0, 0.1) is 6.92 Å². The maximum Gasteiger partial charge on any atom is 0.239 e. The predicted molar refractivity (Wildman–Crippen MR) is 78.5 cm³/mol. The van der Waals surface area contributed by atoms with Crippen molar-refractivity contribution in [3.05, 3.63) is 29.6 Å². The molecule has 1 aromatic heterocycles. The van der Waals surface area contributed by atoms with Gasteiger partial charge in [0, 0.05) is 19.5 Å². The monoisotopic (exact) mass is 286 g/mol. The molecule has 0 aliphatic carbocycles. The smallest absolute Gasteiger partial charge is 0.239 e. The van der Waals surface area contributed by atoms with Gasteiger partial charge in [0.15, 0.2) is 0 Å². The highest BCUT2D eigenvalue weighted by Crippen LogP contribution is 2.13. The number of aromatic amines is 1. The van der Waals surface area contributed by atoms with Crippen LogP contribution in [-0.2, 0) is 16.1 Å². The first-order valence-electron chi connectivity index (χ1n) is 7.11. The Morgan fingerprint density at radius 1 is 1.48 bits per heavy atom. The molecule has 2 heterocycles. The van der Waals surface area contributed by atoms with Crippen molar-refractivity contribution in [2.45, 2.75) is 26.3 Å².